The van der Waals surface area contributed by atoms with E-state index in [9.17, 15) is 0 Å². The first-order valence-electron chi connectivity index (χ1n) is 8.45. The zero-order valence-electron chi connectivity index (χ0n) is 12.4. The Bertz CT molecular complexity index is 304. The van der Waals surface area contributed by atoms with Gasteiger partial charge >= 0.3 is 0 Å². The molecule has 0 atom stereocenters. The predicted octanol–water partition coefficient (Wildman–Crippen LogP) is 3.22. The first-order chi connectivity index (χ1) is 9.25. The van der Waals surface area contributed by atoms with Crippen LogP contribution in [0.2, 0.25) is 0 Å². The molecule has 1 aliphatic heterocycles. The van der Waals surface area contributed by atoms with Crippen molar-refractivity contribution in [1.29, 1.82) is 0 Å². The van der Waals surface area contributed by atoms with Crippen molar-refractivity contribution in [2.45, 2.75) is 51.4 Å². The van der Waals surface area contributed by atoms with Crippen molar-refractivity contribution in [2.75, 3.05) is 26.8 Å². The van der Waals surface area contributed by atoms with Gasteiger partial charge in [-0.2, -0.15) is 0 Å². The lowest BCUT2D eigenvalue weighted by Crippen LogP contribution is -2.58. The summed E-state index contributed by atoms with van der Waals surface area (Å²) in [5.41, 5.74) is 1.16. The second kappa shape index (κ2) is 4.46. The molecule has 19 heavy (non-hydrogen) atoms. The van der Waals surface area contributed by atoms with Gasteiger partial charge in [-0.1, -0.05) is 0 Å². The summed E-state index contributed by atoms with van der Waals surface area (Å²) in [4.78, 5) is 0. The molecule has 0 amide bonds. The number of methoxy groups -OCH3 is 1. The molecule has 5 fully saturated rings. The summed E-state index contributed by atoms with van der Waals surface area (Å²) in [5.74, 6) is 3.19. The summed E-state index contributed by atoms with van der Waals surface area (Å²) >= 11 is 0. The Hall–Kier alpha value is -0.0800. The largest absolute Gasteiger partial charge is 0.384 e. The van der Waals surface area contributed by atoms with Crippen LogP contribution in [-0.2, 0) is 4.74 Å². The maximum Gasteiger partial charge on any atom is 0.0524 e. The van der Waals surface area contributed by atoms with Crippen molar-refractivity contribution >= 4 is 0 Å². The van der Waals surface area contributed by atoms with Gasteiger partial charge in [0.15, 0.2) is 0 Å². The van der Waals surface area contributed by atoms with Crippen LogP contribution >= 0.6 is 0 Å². The van der Waals surface area contributed by atoms with Gasteiger partial charge in [0.1, 0.15) is 0 Å². The third-order valence-corrected chi connectivity index (χ3v) is 7.14. The van der Waals surface area contributed by atoms with Crippen molar-refractivity contribution in [1.82, 2.24) is 5.32 Å². The first-order valence-corrected chi connectivity index (χ1v) is 8.45. The molecule has 108 valence electrons. The van der Waals surface area contributed by atoms with Gasteiger partial charge in [-0.3, -0.25) is 0 Å². The summed E-state index contributed by atoms with van der Waals surface area (Å²) in [6, 6.07) is 0. The third-order valence-electron chi connectivity index (χ3n) is 7.14. The summed E-state index contributed by atoms with van der Waals surface area (Å²) in [6.07, 6.45) is 12.0. The SMILES string of the molecule is COCC1(C23CC4CC(CC(C4)C2)C3)CCNCC1. The van der Waals surface area contributed by atoms with Crippen molar-refractivity contribution in [3.8, 4) is 0 Å². The molecule has 5 aliphatic rings. The van der Waals surface area contributed by atoms with E-state index in [0.717, 1.165) is 24.4 Å². The van der Waals surface area contributed by atoms with E-state index < -0.39 is 0 Å². The monoisotopic (exact) mass is 263 g/mol. The lowest BCUT2D eigenvalue weighted by atomic mass is 9.41. The molecular formula is C17H29NO. The molecule has 1 heterocycles. The van der Waals surface area contributed by atoms with Gasteiger partial charge in [0.25, 0.3) is 0 Å². The van der Waals surface area contributed by atoms with Crippen LogP contribution in [0.3, 0.4) is 0 Å². The minimum atomic E-state index is 0.503. The molecule has 4 saturated carbocycles. The maximum atomic E-state index is 5.75. The smallest absolute Gasteiger partial charge is 0.0524 e. The Morgan fingerprint density at radius 3 is 1.95 bits per heavy atom. The summed E-state index contributed by atoms with van der Waals surface area (Å²) in [5, 5.41) is 3.57. The van der Waals surface area contributed by atoms with E-state index in [4.69, 9.17) is 4.74 Å². The van der Waals surface area contributed by atoms with Crippen LogP contribution < -0.4 is 5.32 Å². The van der Waals surface area contributed by atoms with Crippen molar-refractivity contribution in [3.63, 3.8) is 0 Å². The van der Waals surface area contributed by atoms with Crippen molar-refractivity contribution in [2.24, 2.45) is 28.6 Å². The van der Waals surface area contributed by atoms with Crippen LogP contribution in [-0.4, -0.2) is 26.8 Å². The fraction of sp³-hybridized carbons (Fsp3) is 1.00. The number of ether oxygens (including phenoxy) is 1. The zero-order valence-corrected chi connectivity index (χ0v) is 12.4. The van der Waals surface area contributed by atoms with Gasteiger partial charge in [-0.15, -0.1) is 0 Å². The van der Waals surface area contributed by atoms with Crippen molar-refractivity contribution in [3.05, 3.63) is 0 Å². The van der Waals surface area contributed by atoms with Gasteiger partial charge in [0.05, 0.1) is 6.61 Å². The Morgan fingerprint density at radius 2 is 1.47 bits per heavy atom. The lowest BCUT2D eigenvalue weighted by Gasteiger charge is -2.64. The molecule has 1 N–H and O–H groups in total. The first kappa shape index (κ1) is 12.6. The molecule has 0 aromatic heterocycles. The fourth-order valence-corrected chi connectivity index (χ4v) is 6.77. The summed E-state index contributed by atoms with van der Waals surface area (Å²) in [7, 11) is 1.92. The molecule has 1 saturated heterocycles. The van der Waals surface area contributed by atoms with Crippen molar-refractivity contribution < 1.29 is 4.74 Å². The highest BCUT2D eigenvalue weighted by atomic mass is 16.5. The van der Waals surface area contributed by atoms with Gasteiger partial charge < -0.3 is 10.1 Å². The topological polar surface area (TPSA) is 21.3 Å². The number of rotatable bonds is 3. The summed E-state index contributed by atoms with van der Waals surface area (Å²) < 4.78 is 5.75. The Kier molecular flexibility index (Phi) is 2.97. The average molecular weight is 263 g/mol. The number of piperidine rings is 1. The highest BCUT2D eigenvalue weighted by Gasteiger charge is 2.60. The molecule has 5 rings (SSSR count). The number of nitrogens with one attached hydrogen (secondary N) is 1. The molecule has 0 aromatic rings. The number of hydrogen-bond donors (Lipinski definition) is 1. The van der Waals surface area contributed by atoms with Crippen LogP contribution in [0.5, 0.6) is 0 Å². The van der Waals surface area contributed by atoms with Gasteiger partial charge in [0.2, 0.25) is 0 Å². The molecule has 2 heteroatoms. The minimum Gasteiger partial charge on any atom is -0.384 e. The molecule has 4 aliphatic carbocycles. The van der Waals surface area contributed by atoms with E-state index in [1.165, 1.54) is 45.2 Å². The van der Waals surface area contributed by atoms with Crippen LogP contribution in [0, 0.1) is 28.6 Å². The van der Waals surface area contributed by atoms with Gasteiger partial charge in [-0.05, 0) is 87.6 Å². The van der Waals surface area contributed by atoms with E-state index in [1.54, 1.807) is 19.3 Å². The average Bonchev–Trinajstić information content (AvgIpc) is 2.38. The van der Waals surface area contributed by atoms with E-state index in [0.29, 0.717) is 10.8 Å². The van der Waals surface area contributed by atoms with Crippen LogP contribution in [0.25, 0.3) is 0 Å². The normalized spacial score (nSPS) is 47.5. The highest BCUT2D eigenvalue weighted by molar-refractivity contribution is 5.10. The van der Waals surface area contributed by atoms with Crippen LogP contribution in [0.1, 0.15) is 51.4 Å². The van der Waals surface area contributed by atoms with E-state index >= 15 is 0 Å². The number of hydrogen-bond acceptors (Lipinski definition) is 2. The van der Waals surface area contributed by atoms with E-state index in [1.807, 2.05) is 7.11 Å². The Balaban J connectivity index is 1.67. The zero-order chi connectivity index (χ0) is 12.9. The van der Waals surface area contributed by atoms with E-state index in [2.05, 4.69) is 5.32 Å². The second-order valence-electron chi connectivity index (χ2n) is 8.16. The lowest BCUT2D eigenvalue weighted by molar-refractivity contribution is -0.162. The standard InChI is InChI=1S/C17H29NO/c1-19-12-16(2-4-18-5-3-16)17-9-13-6-14(10-17)8-15(7-13)11-17/h13-15,18H,2-12H2,1H3. The predicted molar refractivity (Wildman–Crippen MR) is 77.0 cm³/mol. The molecule has 0 aromatic carbocycles. The Morgan fingerprint density at radius 1 is 0.947 bits per heavy atom. The minimum absolute atomic E-state index is 0.503. The van der Waals surface area contributed by atoms with E-state index in [-0.39, 0.29) is 0 Å². The van der Waals surface area contributed by atoms with Gasteiger partial charge in [-0.25, -0.2) is 0 Å². The van der Waals surface area contributed by atoms with Gasteiger partial charge in [0, 0.05) is 12.5 Å². The van der Waals surface area contributed by atoms with Crippen LogP contribution in [0.15, 0.2) is 0 Å². The fourth-order valence-electron chi connectivity index (χ4n) is 6.77. The van der Waals surface area contributed by atoms with Crippen LogP contribution in [0.4, 0.5) is 0 Å². The molecular weight excluding hydrogens is 234 g/mol. The third kappa shape index (κ3) is 1.82. The highest BCUT2D eigenvalue weighted by Crippen LogP contribution is 2.67. The summed E-state index contributed by atoms with van der Waals surface area (Å²) in [6.45, 7) is 3.44. The maximum absolute atomic E-state index is 5.75. The Labute approximate surface area is 117 Å². The quantitative estimate of drug-likeness (QED) is 0.844. The second-order valence-corrected chi connectivity index (χ2v) is 8.16. The molecule has 4 bridgehead atoms. The molecule has 0 spiro atoms. The molecule has 0 unspecified atom stereocenters. The molecule has 0 radical (unpaired) electrons. The molecule has 2 nitrogen and oxygen atoms in total.